The Kier molecular flexibility index (Phi) is 3.76. The SMILES string of the molecule is Cc1cc(-c2ccn3nc(Nc4cc(C)nc(C)n4)cc3c2)c(O)cn1. The molecule has 4 aromatic rings. The molecule has 130 valence electrons. The zero-order valence-corrected chi connectivity index (χ0v) is 14.7. The Morgan fingerprint density at radius 3 is 2.62 bits per heavy atom. The number of hydrogen-bond acceptors (Lipinski definition) is 6. The van der Waals surface area contributed by atoms with Gasteiger partial charge in [0.05, 0.1) is 11.7 Å². The highest BCUT2D eigenvalue weighted by atomic mass is 16.3. The molecule has 4 aromatic heterocycles. The average molecular weight is 346 g/mol. The summed E-state index contributed by atoms with van der Waals surface area (Å²) in [5, 5.41) is 17.8. The lowest BCUT2D eigenvalue weighted by Crippen LogP contribution is -1.99. The van der Waals surface area contributed by atoms with E-state index in [0.717, 1.165) is 28.0 Å². The smallest absolute Gasteiger partial charge is 0.154 e. The Bertz CT molecular complexity index is 1100. The molecule has 0 aliphatic carbocycles. The van der Waals surface area contributed by atoms with Gasteiger partial charge < -0.3 is 10.4 Å². The number of aryl methyl sites for hydroxylation is 3. The molecule has 2 N–H and O–H groups in total. The van der Waals surface area contributed by atoms with E-state index >= 15 is 0 Å². The summed E-state index contributed by atoms with van der Waals surface area (Å²) in [6.45, 7) is 5.68. The van der Waals surface area contributed by atoms with Crippen LogP contribution in [-0.4, -0.2) is 29.7 Å². The van der Waals surface area contributed by atoms with Gasteiger partial charge in [0.15, 0.2) is 5.82 Å². The van der Waals surface area contributed by atoms with Crippen LogP contribution in [0.3, 0.4) is 0 Å². The van der Waals surface area contributed by atoms with Gasteiger partial charge in [0.2, 0.25) is 0 Å². The van der Waals surface area contributed by atoms with Gasteiger partial charge in [-0.25, -0.2) is 14.5 Å². The number of rotatable bonds is 3. The number of aromatic nitrogens is 5. The largest absolute Gasteiger partial charge is 0.506 e. The molecule has 0 saturated heterocycles. The summed E-state index contributed by atoms with van der Waals surface area (Å²) < 4.78 is 1.78. The highest BCUT2D eigenvalue weighted by Gasteiger charge is 2.09. The van der Waals surface area contributed by atoms with Gasteiger partial charge in [-0.3, -0.25) is 4.98 Å². The molecule has 0 aliphatic heterocycles. The van der Waals surface area contributed by atoms with Crippen molar-refractivity contribution in [2.24, 2.45) is 0 Å². The van der Waals surface area contributed by atoms with Crippen LogP contribution in [-0.2, 0) is 0 Å². The van der Waals surface area contributed by atoms with Crippen molar-refractivity contribution in [1.82, 2.24) is 24.6 Å². The van der Waals surface area contributed by atoms with Gasteiger partial charge in [-0.15, -0.1) is 0 Å². The number of aromatic hydroxyl groups is 1. The van der Waals surface area contributed by atoms with Gasteiger partial charge in [0.1, 0.15) is 17.4 Å². The fourth-order valence-electron chi connectivity index (χ4n) is 2.92. The number of nitrogens with zero attached hydrogens (tertiary/aromatic N) is 5. The van der Waals surface area contributed by atoms with Crippen molar-refractivity contribution in [1.29, 1.82) is 0 Å². The Hall–Kier alpha value is -3.48. The van der Waals surface area contributed by atoms with Gasteiger partial charge in [-0.2, -0.15) is 5.10 Å². The molecule has 0 bridgehead atoms. The molecule has 0 radical (unpaired) electrons. The molecule has 7 heteroatoms. The maximum absolute atomic E-state index is 10.1. The van der Waals surface area contributed by atoms with Crippen LogP contribution in [0.1, 0.15) is 17.2 Å². The van der Waals surface area contributed by atoms with Crippen LogP contribution >= 0.6 is 0 Å². The van der Waals surface area contributed by atoms with Crippen molar-refractivity contribution >= 4 is 17.2 Å². The molecule has 7 nitrogen and oxygen atoms in total. The Balaban J connectivity index is 1.70. The minimum Gasteiger partial charge on any atom is -0.506 e. The molecule has 0 fully saturated rings. The molecular formula is C19H18N6O. The Labute approximate surface area is 150 Å². The van der Waals surface area contributed by atoms with E-state index in [9.17, 15) is 5.11 Å². The summed E-state index contributed by atoms with van der Waals surface area (Å²) in [4.78, 5) is 12.8. The topological polar surface area (TPSA) is 88.2 Å². The van der Waals surface area contributed by atoms with Crippen LogP contribution in [0.25, 0.3) is 16.6 Å². The molecule has 4 heterocycles. The number of nitrogens with one attached hydrogen (secondary N) is 1. The van der Waals surface area contributed by atoms with Gasteiger partial charge in [-0.1, -0.05) is 0 Å². The molecular weight excluding hydrogens is 328 g/mol. The number of fused-ring (bicyclic) bond motifs is 1. The van der Waals surface area contributed by atoms with E-state index in [1.54, 1.807) is 4.52 Å². The molecule has 0 amide bonds. The van der Waals surface area contributed by atoms with Crippen LogP contribution in [0.2, 0.25) is 0 Å². The molecule has 0 unspecified atom stereocenters. The monoisotopic (exact) mass is 346 g/mol. The molecule has 0 saturated carbocycles. The summed E-state index contributed by atoms with van der Waals surface area (Å²) in [7, 11) is 0. The fourth-order valence-corrected chi connectivity index (χ4v) is 2.92. The van der Waals surface area contributed by atoms with Crippen LogP contribution in [0.5, 0.6) is 5.75 Å². The van der Waals surface area contributed by atoms with Crippen molar-refractivity contribution < 1.29 is 5.11 Å². The molecule has 0 aliphatic rings. The van der Waals surface area contributed by atoms with E-state index in [-0.39, 0.29) is 5.75 Å². The second-order valence-electron chi connectivity index (χ2n) is 6.22. The van der Waals surface area contributed by atoms with E-state index in [2.05, 4.69) is 25.4 Å². The van der Waals surface area contributed by atoms with Gasteiger partial charge >= 0.3 is 0 Å². The quantitative estimate of drug-likeness (QED) is 0.590. The lowest BCUT2D eigenvalue weighted by atomic mass is 10.1. The Morgan fingerprint density at radius 1 is 0.962 bits per heavy atom. The van der Waals surface area contributed by atoms with Crippen LogP contribution < -0.4 is 5.32 Å². The van der Waals surface area contributed by atoms with Gasteiger partial charge in [0.25, 0.3) is 0 Å². The van der Waals surface area contributed by atoms with E-state index in [4.69, 9.17) is 0 Å². The number of anilines is 2. The lowest BCUT2D eigenvalue weighted by molar-refractivity contribution is 0.474. The maximum Gasteiger partial charge on any atom is 0.154 e. The second kappa shape index (κ2) is 6.11. The van der Waals surface area contributed by atoms with Crippen LogP contribution in [0, 0.1) is 20.8 Å². The summed E-state index contributed by atoms with van der Waals surface area (Å²) in [6.07, 6.45) is 3.33. The molecule has 0 atom stereocenters. The van der Waals surface area contributed by atoms with Crippen molar-refractivity contribution in [3.05, 3.63) is 59.9 Å². The normalized spacial score (nSPS) is 11.0. The molecule has 0 aromatic carbocycles. The van der Waals surface area contributed by atoms with E-state index in [1.807, 2.05) is 57.3 Å². The third-order valence-corrected chi connectivity index (χ3v) is 4.02. The predicted molar refractivity (Wildman–Crippen MR) is 99.6 cm³/mol. The predicted octanol–water partition coefficient (Wildman–Crippen LogP) is 3.56. The van der Waals surface area contributed by atoms with E-state index < -0.39 is 0 Å². The van der Waals surface area contributed by atoms with Gasteiger partial charge in [-0.05, 0) is 44.5 Å². The zero-order valence-electron chi connectivity index (χ0n) is 14.7. The van der Waals surface area contributed by atoms with E-state index in [1.165, 1.54) is 6.20 Å². The fraction of sp³-hybridized carbons (Fsp3) is 0.158. The zero-order chi connectivity index (χ0) is 18.3. The third-order valence-electron chi connectivity index (χ3n) is 4.02. The highest BCUT2D eigenvalue weighted by Crippen LogP contribution is 2.30. The maximum atomic E-state index is 10.1. The number of pyridine rings is 2. The lowest BCUT2D eigenvalue weighted by Gasteiger charge is -2.05. The Morgan fingerprint density at radius 2 is 1.81 bits per heavy atom. The first-order valence-corrected chi connectivity index (χ1v) is 8.23. The molecule has 0 spiro atoms. The van der Waals surface area contributed by atoms with Crippen LogP contribution in [0.15, 0.2) is 42.7 Å². The highest BCUT2D eigenvalue weighted by molar-refractivity contribution is 5.74. The molecule has 26 heavy (non-hydrogen) atoms. The third kappa shape index (κ3) is 3.06. The summed E-state index contributed by atoms with van der Waals surface area (Å²) in [5.41, 5.74) is 4.30. The van der Waals surface area contributed by atoms with Crippen LogP contribution in [0.4, 0.5) is 11.6 Å². The van der Waals surface area contributed by atoms with Gasteiger partial charge in [0, 0.05) is 35.3 Å². The van der Waals surface area contributed by atoms with Crippen molar-refractivity contribution in [3.8, 4) is 16.9 Å². The van der Waals surface area contributed by atoms with E-state index in [0.29, 0.717) is 17.5 Å². The first-order chi connectivity index (χ1) is 12.5. The second-order valence-corrected chi connectivity index (χ2v) is 6.22. The summed E-state index contributed by atoms with van der Waals surface area (Å²) in [5.74, 6) is 2.27. The average Bonchev–Trinajstić information content (AvgIpc) is 2.97. The number of hydrogen-bond donors (Lipinski definition) is 2. The molecule has 4 rings (SSSR count). The standard InChI is InChI=1S/C19H18N6O/c1-11-6-16(17(26)10-20-11)14-4-5-25-15(8-14)9-19(24-25)23-18-7-12(2)21-13(3)22-18/h4-10,26H,1-3H3,(H,21,22,23,24). The van der Waals surface area contributed by atoms with Crippen molar-refractivity contribution in [2.45, 2.75) is 20.8 Å². The summed E-state index contributed by atoms with van der Waals surface area (Å²) in [6, 6.07) is 9.56. The minimum absolute atomic E-state index is 0.157. The minimum atomic E-state index is 0.157. The van der Waals surface area contributed by atoms with Crippen molar-refractivity contribution in [2.75, 3.05) is 5.32 Å². The van der Waals surface area contributed by atoms with Crippen molar-refractivity contribution in [3.63, 3.8) is 0 Å². The first-order valence-electron chi connectivity index (χ1n) is 8.23. The first kappa shape index (κ1) is 16.0. The summed E-state index contributed by atoms with van der Waals surface area (Å²) >= 11 is 0.